The number of ether oxygens (including phenoxy) is 4. The van der Waals surface area contributed by atoms with Crippen LogP contribution in [0, 0.1) is 0 Å². The molecule has 2 rings (SSSR count). The average Bonchev–Trinajstić information content (AvgIpc) is 2.50. The Balaban J connectivity index is 2.08. The van der Waals surface area contributed by atoms with E-state index in [1.807, 2.05) is 30.3 Å². The number of benzene rings is 1. The molecule has 0 unspecified atom stereocenters. The maximum Gasteiger partial charge on any atom is 0.303 e. The van der Waals surface area contributed by atoms with Gasteiger partial charge in [0.25, 0.3) is 0 Å². The number of aliphatic hydroxyl groups is 1. The predicted octanol–water partition coefficient (Wildman–Crippen LogP) is 0.784. The Morgan fingerprint density at radius 3 is 2.35 bits per heavy atom. The van der Waals surface area contributed by atoms with Gasteiger partial charge in [0.05, 0.1) is 13.2 Å². The highest BCUT2D eigenvalue weighted by Gasteiger charge is 2.45. The molecule has 0 radical (unpaired) electrons. The van der Waals surface area contributed by atoms with Crippen molar-refractivity contribution in [3.05, 3.63) is 35.9 Å². The van der Waals surface area contributed by atoms with E-state index in [-0.39, 0.29) is 13.2 Å². The quantitative estimate of drug-likeness (QED) is 0.800. The molecule has 1 saturated heterocycles. The van der Waals surface area contributed by atoms with Crippen molar-refractivity contribution in [1.82, 2.24) is 0 Å². The summed E-state index contributed by atoms with van der Waals surface area (Å²) in [6.07, 6.45) is -4.11. The van der Waals surface area contributed by atoms with E-state index in [9.17, 15) is 14.7 Å². The topological polar surface area (TPSA) is 91.3 Å². The van der Waals surface area contributed by atoms with Gasteiger partial charge in [-0.2, -0.15) is 0 Å². The Kier molecular flexibility index (Phi) is 6.09. The Hall–Kier alpha value is -1.96. The lowest BCUT2D eigenvalue weighted by atomic mass is 10.0. The minimum absolute atomic E-state index is 0.0176. The van der Waals surface area contributed by atoms with Crippen molar-refractivity contribution >= 4 is 11.9 Å². The van der Waals surface area contributed by atoms with Gasteiger partial charge in [-0.05, 0) is 5.56 Å². The van der Waals surface area contributed by atoms with Crippen molar-refractivity contribution in [3.63, 3.8) is 0 Å². The van der Waals surface area contributed by atoms with E-state index in [1.54, 1.807) is 0 Å². The molecule has 0 saturated carbocycles. The van der Waals surface area contributed by atoms with Crippen LogP contribution in [0.3, 0.4) is 0 Å². The third kappa shape index (κ3) is 5.02. The minimum Gasteiger partial charge on any atom is -0.455 e. The fourth-order valence-electron chi connectivity index (χ4n) is 2.33. The predicted molar refractivity (Wildman–Crippen MR) is 78.1 cm³/mol. The van der Waals surface area contributed by atoms with Gasteiger partial charge in [0.1, 0.15) is 6.10 Å². The second-order valence-corrected chi connectivity index (χ2v) is 5.21. The van der Waals surface area contributed by atoms with E-state index in [1.165, 1.54) is 13.8 Å². The van der Waals surface area contributed by atoms with E-state index in [2.05, 4.69) is 0 Å². The number of carbonyl (C=O) groups excluding carboxylic acids is 2. The van der Waals surface area contributed by atoms with E-state index < -0.39 is 36.5 Å². The number of esters is 2. The molecule has 0 spiro atoms. The van der Waals surface area contributed by atoms with Crippen molar-refractivity contribution in [3.8, 4) is 0 Å². The highest BCUT2D eigenvalue weighted by molar-refractivity contribution is 5.67. The number of rotatable bonds is 5. The Bertz CT molecular complexity index is 530. The molecule has 4 atom stereocenters. The molecule has 1 N–H and O–H groups in total. The molecule has 0 bridgehead atoms. The molecule has 0 amide bonds. The summed E-state index contributed by atoms with van der Waals surface area (Å²) in [4.78, 5) is 22.5. The van der Waals surface area contributed by atoms with Gasteiger partial charge in [0.15, 0.2) is 18.5 Å². The van der Waals surface area contributed by atoms with Gasteiger partial charge in [0, 0.05) is 13.8 Å². The minimum atomic E-state index is -1.38. The maximum absolute atomic E-state index is 11.3. The molecule has 23 heavy (non-hydrogen) atoms. The first-order chi connectivity index (χ1) is 11.0. The molecule has 1 aromatic rings. The lowest BCUT2D eigenvalue weighted by Crippen LogP contribution is -2.57. The monoisotopic (exact) mass is 324 g/mol. The zero-order valence-corrected chi connectivity index (χ0v) is 13.0. The van der Waals surface area contributed by atoms with Crippen LogP contribution >= 0.6 is 0 Å². The fourth-order valence-corrected chi connectivity index (χ4v) is 2.33. The molecule has 1 aromatic carbocycles. The second-order valence-electron chi connectivity index (χ2n) is 5.21. The van der Waals surface area contributed by atoms with Crippen molar-refractivity contribution in [2.45, 2.75) is 45.1 Å². The van der Waals surface area contributed by atoms with Gasteiger partial charge in [-0.25, -0.2) is 0 Å². The first-order valence-electron chi connectivity index (χ1n) is 7.27. The third-order valence-electron chi connectivity index (χ3n) is 3.31. The largest absolute Gasteiger partial charge is 0.455 e. The number of aliphatic hydroxyl groups excluding tert-OH is 1. The fraction of sp³-hybridized carbons (Fsp3) is 0.500. The van der Waals surface area contributed by atoms with Crippen molar-refractivity contribution in [2.75, 3.05) is 6.61 Å². The summed E-state index contributed by atoms with van der Waals surface area (Å²) >= 11 is 0. The highest BCUT2D eigenvalue weighted by Crippen LogP contribution is 2.23. The smallest absolute Gasteiger partial charge is 0.303 e. The third-order valence-corrected chi connectivity index (χ3v) is 3.31. The molecule has 7 nitrogen and oxygen atoms in total. The first-order valence-corrected chi connectivity index (χ1v) is 7.27. The van der Waals surface area contributed by atoms with Gasteiger partial charge in [0.2, 0.25) is 0 Å². The van der Waals surface area contributed by atoms with Crippen LogP contribution in [0.1, 0.15) is 19.4 Å². The van der Waals surface area contributed by atoms with E-state index in [4.69, 9.17) is 18.9 Å². The van der Waals surface area contributed by atoms with Crippen molar-refractivity contribution < 1.29 is 33.6 Å². The van der Waals surface area contributed by atoms with Crippen molar-refractivity contribution in [2.24, 2.45) is 0 Å². The summed E-state index contributed by atoms with van der Waals surface area (Å²) in [6, 6.07) is 9.43. The van der Waals surface area contributed by atoms with Crippen LogP contribution in [0.5, 0.6) is 0 Å². The Morgan fingerprint density at radius 2 is 1.74 bits per heavy atom. The molecule has 7 heteroatoms. The zero-order valence-electron chi connectivity index (χ0n) is 13.0. The lowest BCUT2D eigenvalue weighted by Gasteiger charge is -2.38. The molecule has 0 aliphatic carbocycles. The number of hydrogen-bond acceptors (Lipinski definition) is 7. The van der Waals surface area contributed by atoms with Crippen LogP contribution in [0.4, 0.5) is 0 Å². The standard InChI is InChI=1S/C16H20O7/c1-10(17)22-14-13(20-8-12-6-4-3-5-7-12)9-21-16(19)15(14)23-11(2)18/h3-7,13-16,19H,8-9H2,1-2H3/t13-,14+,15-,16-/m1/s1. The molecular formula is C16H20O7. The molecule has 1 aliphatic heterocycles. The van der Waals surface area contributed by atoms with Crippen LogP contribution in [-0.4, -0.2) is 48.3 Å². The summed E-state index contributed by atoms with van der Waals surface area (Å²) in [7, 11) is 0. The summed E-state index contributed by atoms with van der Waals surface area (Å²) in [5.74, 6) is -1.17. The van der Waals surface area contributed by atoms with Gasteiger partial charge in [-0.3, -0.25) is 9.59 Å². The van der Waals surface area contributed by atoms with Gasteiger partial charge in [-0.1, -0.05) is 30.3 Å². The number of hydrogen-bond donors (Lipinski definition) is 1. The SMILES string of the molecule is CC(=O)O[C@@H]1[C@@H](OC(C)=O)[C@H](OCc2ccccc2)CO[C@H]1O. The van der Waals surface area contributed by atoms with Crippen LogP contribution in [0.15, 0.2) is 30.3 Å². The zero-order chi connectivity index (χ0) is 16.8. The van der Waals surface area contributed by atoms with Gasteiger partial charge in [-0.15, -0.1) is 0 Å². The van der Waals surface area contributed by atoms with Crippen LogP contribution < -0.4 is 0 Å². The average molecular weight is 324 g/mol. The van der Waals surface area contributed by atoms with Gasteiger partial charge >= 0.3 is 11.9 Å². The van der Waals surface area contributed by atoms with E-state index in [0.29, 0.717) is 0 Å². The second kappa shape index (κ2) is 8.05. The molecule has 0 aromatic heterocycles. The summed E-state index contributed by atoms with van der Waals surface area (Å²) < 4.78 is 21.1. The Labute approximate surface area is 134 Å². The van der Waals surface area contributed by atoms with E-state index >= 15 is 0 Å². The molecule has 1 heterocycles. The molecular weight excluding hydrogens is 304 g/mol. The van der Waals surface area contributed by atoms with Crippen LogP contribution in [-0.2, 0) is 35.1 Å². The maximum atomic E-state index is 11.3. The van der Waals surface area contributed by atoms with Crippen LogP contribution in [0.2, 0.25) is 0 Å². The van der Waals surface area contributed by atoms with E-state index in [0.717, 1.165) is 5.56 Å². The summed E-state index contributed by atoms with van der Waals surface area (Å²) in [5, 5.41) is 9.86. The normalized spacial score (nSPS) is 27.3. The van der Waals surface area contributed by atoms with Crippen molar-refractivity contribution in [1.29, 1.82) is 0 Å². The highest BCUT2D eigenvalue weighted by atomic mass is 16.7. The molecule has 126 valence electrons. The molecule has 1 aliphatic rings. The number of carbonyl (C=O) groups is 2. The lowest BCUT2D eigenvalue weighted by molar-refractivity contribution is -0.272. The Morgan fingerprint density at radius 1 is 1.13 bits per heavy atom. The van der Waals surface area contributed by atoms with Crippen LogP contribution in [0.25, 0.3) is 0 Å². The van der Waals surface area contributed by atoms with Gasteiger partial charge < -0.3 is 24.1 Å². The summed E-state index contributed by atoms with van der Waals surface area (Å²) in [6.45, 7) is 2.73. The summed E-state index contributed by atoms with van der Waals surface area (Å²) in [5.41, 5.74) is 0.934. The molecule has 1 fully saturated rings. The first kappa shape index (κ1) is 17.4.